The number of hydrogen-bond donors (Lipinski definition) is 5. The molecule has 3 rings (SSSR count). The van der Waals surface area contributed by atoms with Crippen LogP contribution in [-0.4, -0.2) is 35.1 Å². The third-order valence-corrected chi connectivity index (χ3v) is 5.36. The van der Waals surface area contributed by atoms with Crippen LogP contribution in [0.4, 0.5) is 0 Å². The van der Waals surface area contributed by atoms with Crippen molar-refractivity contribution in [2.45, 2.75) is 50.9 Å². The van der Waals surface area contributed by atoms with Gasteiger partial charge in [0.2, 0.25) is 0 Å². The molecule has 7 nitrogen and oxygen atoms in total. The summed E-state index contributed by atoms with van der Waals surface area (Å²) in [5.41, 5.74) is 10.5. The molecule has 162 valence electrons. The predicted octanol–water partition coefficient (Wildman–Crippen LogP) is 1.68. The summed E-state index contributed by atoms with van der Waals surface area (Å²) in [4.78, 5) is 24.0. The van der Waals surface area contributed by atoms with E-state index in [0.29, 0.717) is 11.6 Å². The first kappa shape index (κ1) is 22.5. The van der Waals surface area contributed by atoms with Crippen LogP contribution in [0.15, 0.2) is 48.5 Å². The molecular formula is C24H28N4O3. The van der Waals surface area contributed by atoms with E-state index in [1.165, 1.54) is 30.3 Å². The van der Waals surface area contributed by atoms with Gasteiger partial charge in [-0.05, 0) is 61.7 Å². The maximum Gasteiger partial charge on any atom is 0.267 e. The van der Waals surface area contributed by atoms with E-state index >= 15 is 0 Å². The van der Waals surface area contributed by atoms with E-state index in [9.17, 15) is 9.59 Å². The van der Waals surface area contributed by atoms with Crippen molar-refractivity contribution in [1.29, 1.82) is 0 Å². The number of benzene rings is 2. The zero-order valence-corrected chi connectivity index (χ0v) is 17.5. The van der Waals surface area contributed by atoms with Gasteiger partial charge in [-0.15, -0.1) is 0 Å². The number of carbonyl (C=O) groups is 2. The Bertz CT molecular complexity index is 955. The fourth-order valence-corrected chi connectivity index (χ4v) is 3.16. The second-order valence-electron chi connectivity index (χ2n) is 7.82. The Morgan fingerprint density at radius 2 is 1.65 bits per heavy atom. The minimum Gasteiger partial charge on any atom is -0.339 e. The maximum atomic E-state index is 12.4. The lowest BCUT2D eigenvalue weighted by Crippen LogP contribution is -2.54. The van der Waals surface area contributed by atoms with Crippen molar-refractivity contribution in [3.63, 3.8) is 0 Å². The Balaban J connectivity index is 1.57. The van der Waals surface area contributed by atoms with E-state index in [1.807, 2.05) is 12.1 Å². The lowest BCUT2D eigenvalue weighted by Gasteiger charge is -2.26. The van der Waals surface area contributed by atoms with Crippen molar-refractivity contribution >= 4 is 11.8 Å². The average molecular weight is 421 g/mol. The lowest BCUT2D eigenvalue weighted by atomic mass is 9.93. The average Bonchev–Trinajstić information content (AvgIpc) is 2.75. The van der Waals surface area contributed by atoms with Gasteiger partial charge in [0.15, 0.2) is 0 Å². The highest BCUT2D eigenvalue weighted by Crippen LogP contribution is 2.18. The van der Waals surface area contributed by atoms with Gasteiger partial charge in [0.05, 0.1) is 0 Å². The topological polar surface area (TPSA) is 116 Å². The summed E-state index contributed by atoms with van der Waals surface area (Å²) in [7, 11) is 0. The van der Waals surface area contributed by atoms with E-state index in [-0.39, 0.29) is 0 Å². The zero-order valence-electron chi connectivity index (χ0n) is 17.5. The number of hydrogen-bond acceptors (Lipinski definition) is 5. The first-order valence-electron chi connectivity index (χ1n) is 10.4. The van der Waals surface area contributed by atoms with Gasteiger partial charge in [-0.3, -0.25) is 14.8 Å². The van der Waals surface area contributed by atoms with Gasteiger partial charge in [-0.25, -0.2) is 5.48 Å². The molecule has 1 fully saturated rings. The summed E-state index contributed by atoms with van der Waals surface area (Å²) in [6.07, 6.45) is 3.87. The molecule has 0 aliphatic heterocycles. The van der Waals surface area contributed by atoms with Gasteiger partial charge in [0.1, 0.15) is 6.04 Å². The van der Waals surface area contributed by atoms with E-state index in [0.717, 1.165) is 17.7 Å². The molecule has 31 heavy (non-hydrogen) atoms. The van der Waals surface area contributed by atoms with Crippen molar-refractivity contribution in [3.05, 3.63) is 70.8 Å². The van der Waals surface area contributed by atoms with Gasteiger partial charge in [-0.2, -0.15) is 0 Å². The fraction of sp³-hybridized carbons (Fsp3) is 0.333. The molecule has 0 heterocycles. The molecule has 0 radical (unpaired) electrons. The van der Waals surface area contributed by atoms with Crippen LogP contribution in [0.3, 0.4) is 0 Å². The van der Waals surface area contributed by atoms with Crippen molar-refractivity contribution in [1.82, 2.24) is 16.1 Å². The predicted molar refractivity (Wildman–Crippen MR) is 118 cm³/mol. The Hall–Kier alpha value is -3.18. The highest BCUT2D eigenvalue weighted by atomic mass is 16.5. The number of rotatable bonds is 7. The standard InChI is InChI=1S/C24H28N4O3/c1-16(25)22(24(30)28-31)27-23(29)20-13-11-18(12-14-20)6-5-17-7-9-19(10-8-17)15-26-21-3-2-4-21/h7-14,16,21-22,26,31H,2-4,15,25H2,1H3,(H,27,29)(H,28,30)/t16-,22+/m1/s1. The van der Waals surface area contributed by atoms with Crippen LogP contribution < -0.4 is 21.8 Å². The maximum absolute atomic E-state index is 12.4. The van der Waals surface area contributed by atoms with Gasteiger partial charge >= 0.3 is 0 Å². The van der Waals surface area contributed by atoms with Crippen LogP contribution in [0.2, 0.25) is 0 Å². The molecule has 6 N–H and O–H groups in total. The minimum absolute atomic E-state index is 0.366. The first-order chi connectivity index (χ1) is 15.0. The highest BCUT2D eigenvalue weighted by molar-refractivity contribution is 5.97. The number of carbonyl (C=O) groups excluding carboxylic acids is 2. The summed E-state index contributed by atoms with van der Waals surface area (Å²) in [5.74, 6) is 4.98. The van der Waals surface area contributed by atoms with Crippen molar-refractivity contribution < 1.29 is 14.8 Å². The molecular weight excluding hydrogens is 392 g/mol. The van der Waals surface area contributed by atoms with E-state index < -0.39 is 23.9 Å². The minimum atomic E-state index is -1.04. The molecule has 0 spiro atoms. The number of nitrogens with two attached hydrogens (primary N) is 1. The molecule has 7 heteroatoms. The normalized spacial score (nSPS) is 15.1. The first-order valence-corrected chi connectivity index (χ1v) is 10.4. The largest absolute Gasteiger partial charge is 0.339 e. The second-order valence-corrected chi connectivity index (χ2v) is 7.82. The van der Waals surface area contributed by atoms with E-state index in [2.05, 4.69) is 34.6 Å². The third kappa shape index (κ3) is 6.40. The smallest absolute Gasteiger partial charge is 0.267 e. The van der Waals surface area contributed by atoms with Crippen LogP contribution >= 0.6 is 0 Å². The van der Waals surface area contributed by atoms with Gasteiger partial charge < -0.3 is 16.4 Å². The van der Waals surface area contributed by atoms with Gasteiger partial charge in [-0.1, -0.05) is 30.4 Å². The molecule has 2 aromatic carbocycles. The summed E-state index contributed by atoms with van der Waals surface area (Å²) in [6, 6.07) is 13.9. The van der Waals surface area contributed by atoms with E-state index in [4.69, 9.17) is 10.9 Å². The van der Waals surface area contributed by atoms with Gasteiger partial charge in [0.25, 0.3) is 11.8 Å². The third-order valence-electron chi connectivity index (χ3n) is 5.36. The van der Waals surface area contributed by atoms with E-state index in [1.54, 1.807) is 31.2 Å². The molecule has 0 bridgehead atoms. The Kier molecular flexibility index (Phi) is 7.79. The van der Waals surface area contributed by atoms with Crippen LogP contribution in [0.5, 0.6) is 0 Å². The summed E-state index contributed by atoms with van der Waals surface area (Å²) in [6.45, 7) is 2.45. The van der Waals surface area contributed by atoms with Crippen LogP contribution in [-0.2, 0) is 11.3 Å². The van der Waals surface area contributed by atoms with Crippen molar-refractivity contribution in [2.75, 3.05) is 0 Å². The Morgan fingerprint density at radius 1 is 1.06 bits per heavy atom. The van der Waals surface area contributed by atoms with Crippen LogP contribution in [0.1, 0.15) is 53.2 Å². The molecule has 1 aliphatic carbocycles. The van der Waals surface area contributed by atoms with Crippen molar-refractivity contribution in [2.24, 2.45) is 5.73 Å². The zero-order chi connectivity index (χ0) is 22.2. The monoisotopic (exact) mass is 420 g/mol. The molecule has 1 aliphatic rings. The molecule has 1 saturated carbocycles. The molecule has 2 amide bonds. The quantitative estimate of drug-likeness (QED) is 0.265. The fourth-order valence-electron chi connectivity index (χ4n) is 3.16. The van der Waals surface area contributed by atoms with Crippen LogP contribution in [0.25, 0.3) is 0 Å². The summed E-state index contributed by atoms with van der Waals surface area (Å²) >= 11 is 0. The molecule has 0 unspecified atom stereocenters. The molecule has 0 saturated heterocycles. The Morgan fingerprint density at radius 3 is 2.13 bits per heavy atom. The van der Waals surface area contributed by atoms with Gasteiger partial charge in [0, 0.05) is 35.3 Å². The highest BCUT2D eigenvalue weighted by Gasteiger charge is 2.24. The second kappa shape index (κ2) is 10.7. The SMILES string of the molecule is C[C@@H](N)[C@H](NC(=O)c1ccc(C#Cc2ccc(CNC3CCC3)cc2)cc1)C(=O)NO. The Labute approximate surface area is 182 Å². The molecule has 0 aromatic heterocycles. The summed E-state index contributed by atoms with van der Waals surface area (Å²) in [5, 5.41) is 14.8. The summed E-state index contributed by atoms with van der Waals surface area (Å²) < 4.78 is 0. The number of amides is 2. The lowest BCUT2D eigenvalue weighted by molar-refractivity contribution is -0.131. The van der Waals surface area contributed by atoms with Crippen molar-refractivity contribution in [3.8, 4) is 11.8 Å². The number of hydroxylamine groups is 1. The molecule has 2 aromatic rings. The van der Waals surface area contributed by atoms with Crippen LogP contribution in [0, 0.1) is 11.8 Å². The number of nitrogens with one attached hydrogen (secondary N) is 3. The molecule has 2 atom stereocenters.